The van der Waals surface area contributed by atoms with E-state index in [1.807, 2.05) is 20.0 Å². The minimum atomic E-state index is -0.438. The molecule has 1 aromatic heterocycles. The van der Waals surface area contributed by atoms with Gasteiger partial charge in [0.1, 0.15) is 0 Å². The Labute approximate surface area is 109 Å². The van der Waals surface area contributed by atoms with Gasteiger partial charge < -0.3 is 9.84 Å². The first-order chi connectivity index (χ1) is 8.66. The molecule has 18 heavy (non-hydrogen) atoms. The summed E-state index contributed by atoms with van der Waals surface area (Å²) in [5.41, 5.74) is 3.05. The lowest BCUT2D eigenvalue weighted by Gasteiger charge is -2.14. The molecule has 1 aromatic rings. The molecule has 1 saturated heterocycles. The molecule has 1 aliphatic heterocycles. The number of aryl methyl sites for hydroxylation is 2. The zero-order valence-corrected chi connectivity index (χ0v) is 11.4. The van der Waals surface area contributed by atoms with E-state index in [2.05, 4.69) is 11.1 Å². The van der Waals surface area contributed by atoms with Crippen molar-refractivity contribution >= 4 is 0 Å². The second-order valence-electron chi connectivity index (χ2n) is 5.30. The van der Waals surface area contributed by atoms with Gasteiger partial charge in [0, 0.05) is 12.8 Å². The third-order valence-electron chi connectivity index (χ3n) is 3.60. The number of hydrogen-bond donors (Lipinski definition) is 1. The van der Waals surface area contributed by atoms with E-state index in [4.69, 9.17) is 4.74 Å². The Morgan fingerprint density at radius 3 is 3.00 bits per heavy atom. The van der Waals surface area contributed by atoms with Crippen LogP contribution in [0.2, 0.25) is 0 Å². The SMILES string of the molecule is Cc1cnc(C(O)CCCC2CCCO2)c(C)c1. The molecule has 3 heteroatoms. The van der Waals surface area contributed by atoms with Crippen molar-refractivity contribution < 1.29 is 9.84 Å². The zero-order chi connectivity index (χ0) is 13.0. The first kappa shape index (κ1) is 13.5. The smallest absolute Gasteiger partial charge is 0.0962 e. The van der Waals surface area contributed by atoms with Crippen LogP contribution in [0.5, 0.6) is 0 Å². The van der Waals surface area contributed by atoms with E-state index < -0.39 is 6.10 Å². The van der Waals surface area contributed by atoms with E-state index in [0.29, 0.717) is 6.10 Å². The topological polar surface area (TPSA) is 42.4 Å². The highest BCUT2D eigenvalue weighted by Gasteiger charge is 2.17. The van der Waals surface area contributed by atoms with E-state index in [0.717, 1.165) is 42.7 Å². The van der Waals surface area contributed by atoms with Gasteiger partial charge in [0.2, 0.25) is 0 Å². The number of ether oxygens (including phenoxy) is 1. The van der Waals surface area contributed by atoms with Gasteiger partial charge in [0.15, 0.2) is 0 Å². The zero-order valence-electron chi connectivity index (χ0n) is 11.4. The average molecular weight is 249 g/mol. The molecule has 2 rings (SSSR count). The van der Waals surface area contributed by atoms with E-state index >= 15 is 0 Å². The normalized spacial score (nSPS) is 21.2. The van der Waals surface area contributed by atoms with Gasteiger partial charge in [-0.3, -0.25) is 4.98 Å². The summed E-state index contributed by atoms with van der Waals surface area (Å²) in [4.78, 5) is 4.35. The molecule has 0 amide bonds. The van der Waals surface area contributed by atoms with Gasteiger partial charge in [0.05, 0.1) is 17.9 Å². The van der Waals surface area contributed by atoms with Gasteiger partial charge in [-0.25, -0.2) is 0 Å². The molecule has 1 N–H and O–H groups in total. The van der Waals surface area contributed by atoms with Gasteiger partial charge in [-0.1, -0.05) is 6.07 Å². The second-order valence-corrected chi connectivity index (χ2v) is 5.30. The predicted octanol–water partition coefficient (Wildman–Crippen LogP) is 3.08. The molecule has 1 fully saturated rings. The highest BCUT2D eigenvalue weighted by Crippen LogP contribution is 2.24. The molecule has 0 spiro atoms. The summed E-state index contributed by atoms with van der Waals surface area (Å²) in [6, 6.07) is 2.08. The summed E-state index contributed by atoms with van der Waals surface area (Å²) < 4.78 is 5.58. The fraction of sp³-hybridized carbons (Fsp3) is 0.667. The van der Waals surface area contributed by atoms with Crippen LogP contribution in [0.3, 0.4) is 0 Å². The highest BCUT2D eigenvalue weighted by atomic mass is 16.5. The lowest BCUT2D eigenvalue weighted by atomic mass is 10.0. The van der Waals surface area contributed by atoms with Crippen molar-refractivity contribution in [3.05, 3.63) is 29.1 Å². The molecule has 100 valence electrons. The van der Waals surface area contributed by atoms with Crippen LogP contribution in [0.1, 0.15) is 55.0 Å². The molecule has 2 unspecified atom stereocenters. The van der Waals surface area contributed by atoms with Crippen molar-refractivity contribution in [2.24, 2.45) is 0 Å². The van der Waals surface area contributed by atoms with E-state index in [1.54, 1.807) is 0 Å². The third-order valence-corrected chi connectivity index (χ3v) is 3.60. The van der Waals surface area contributed by atoms with Crippen LogP contribution in [0, 0.1) is 13.8 Å². The maximum absolute atomic E-state index is 10.2. The summed E-state index contributed by atoms with van der Waals surface area (Å²) in [6.45, 7) is 4.94. The molecule has 2 atom stereocenters. The van der Waals surface area contributed by atoms with E-state index in [9.17, 15) is 5.11 Å². The van der Waals surface area contributed by atoms with E-state index in [1.165, 1.54) is 12.8 Å². The molecule has 0 bridgehead atoms. The monoisotopic (exact) mass is 249 g/mol. The second kappa shape index (κ2) is 6.30. The summed E-state index contributed by atoms with van der Waals surface area (Å²) in [5.74, 6) is 0. The summed E-state index contributed by atoms with van der Waals surface area (Å²) in [6.07, 6.45) is 7.01. The van der Waals surface area contributed by atoms with Crippen molar-refractivity contribution in [2.75, 3.05) is 6.61 Å². The van der Waals surface area contributed by atoms with Crippen molar-refractivity contribution in [1.82, 2.24) is 4.98 Å². The van der Waals surface area contributed by atoms with Gasteiger partial charge in [0.25, 0.3) is 0 Å². The molecule has 0 radical (unpaired) electrons. The summed E-state index contributed by atoms with van der Waals surface area (Å²) in [7, 11) is 0. The Morgan fingerprint density at radius 2 is 2.33 bits per heavy atom. The summed E-state index contributed by atoms with van der Waals surface area (Å²) in [5, 5.41) is 10.2. The minimum Gasteiger partial charge on any atom is -0.387 e. The largest absolute Gasteiger partial charge is 0.387 e. The lowest BCUT2D eigenvalue weighted by molar-refractivity contribution is 0.0938. The Morgan fingerprint density at radius 1 is 1.50 bits per heavy atom. The van der Waals surface area contributed by atoms with Crippen LogP contribution in [0.25, 0.3) is 0 Å². The lowest BCUT2D eigenvalue weighted by Crippen LogP contribution is -2.07. The van der Waals surface area contributed by atoms with Crippen molar-refractivity contribution in [3.63, 3.8) is 0 Å². The average Bonchev–Trinajstić information content (AvgIpc) is 2.81. The van der Waals surface area contributed by atoms with Crippen LogP contribution in [0.4, 0.5) is 0 Å². The van der Waals surface area contributed by atoms with Crippen LogP contribution in [-0.2, 0) is 4.74 Å². The standard InChI is InChI=1S/C15H23NO2/c1-11-9-12(2)15(16-10-11)14(17)7-3-5-13-6-4-8-18-13/h9-10,13-14,17H,3-8H2,1-2H3. The molecule has 2 heterocycles. The number of nitrogens with zero attached hydrogens (tertiary/aromatic N) is 1. The number of aliphatic hydroxyl groups is 1. The quantitative estimate of drug-likeness (QED) is 0.872. The minimum absolute atomic E-state index is 0.421. The number of rotatable bonds is 5. The van der Waals surface area contributed by atoms with Crippen molar-refractivity contribution in [1.29, 1.82) is 0 Å². The maximum atomic E-state index is 10.2. The summed E-state index contributed by atoms with van der Waals surface area (Å²) >= 11 is 0. The molecule has 0 saturated carbocycles. The predicted molar refractivity (Wildman–Crippen MR) is 71.5 cm³/mol. The molecular formula is C15H23NO2. The Hall–Kier alpha value is -0.930. The first-order valence-electron chi connectivity index (χ1n) is 6.89. The van der Waals surface area contributed by atoms with Gasteiger partial charge in [-0.05, 0) is 57.1 Å². The maximum Gasteiger partial charge on any atom is 0.0962 e. The molecule has 0 aliphatic carbocycles. The number of aromatic nitrogens is 1. The van der Waals surface area contributed by atoms with Crippen molar-refractivity contribution in [2.45, 2.75) is 58.2 Å². The molecule has 1 aliphatic rings. The Balaban J connectivity index is 1.81. The first-order valence-corrected chi connectivity index (χ1v) is 6.89. The van der Waals surface area contributed by atoms with Gasteiger partial charge in [-0.2, -0.15) is 0 Å². The molecule has 3 nitrogen and oxygen atoms in total. The van der Waals surface area contributed by atoms with Crippen molar-refractivity contribution in [3.8, 4) is 0 Å². The number of hydrogen-bond acceptors (Lipinski definition) is 3. The van der Waals surface area contributed by atoms with Gasteiger partial charge >= 0.3 is 0 Å². The molecular weight excluding hydrogens is 226 g/mol. The fourth-order valence-corrected chi connectivity index (χ4v) is 2.62. The number of aliphatic hydroxyl groups excluding tert-OH is 1. The van der Waals surface area contributed by atoms with Gasteiger partial charge in [-0.15, -0.1) is 0 Å². The molecule has 0 aromatic carbocycles. The van der Waals surface area contributed by atoms with Crippen LogP contribution < -0.4 is 0 Å². The third kappa shape index (κ3) is 3.53. The highest BCUT2D eigenvalue weighted by molar-refractivity contribution is 5.24. The Bertz CT molecular complexity index is 386. The van der Waals surface area contributed by atoms with E-state index in [-0.39, 0.29) is 0 Å². The van der Waals surface area contributed by atoms with Crippen LogP contribution >= 0.6 is 0 Å². The van der Waals surface area contributed by atoms with Crippen LogP contribution in [-0.4, -0.2) is 22.8 Å². The fourth-order valence-electron chi connectivity index (χ4n) is 2.62. The number of pyridine rings is 1. The Kier molecular flexibility index (Phi) is 4.72. The van der Waals surface area contributed by atoms with Crippen LogP contribution in [0.15, 0.2) is 12.3 Å².